The fourth-order valence-electron chi connectivity index (χ4n) is 0.616. The molecule has 0 saturated heterocycles. The van der Waals surface area contributed by atoms with Gasteiger partial charge in [-0.15, -0.1) is 0 Å². The molecule has 0 aromatic carbocycles. The maximum absolute atomic E-state index is 10.0. The van der Waals surface area contributed by atoms with Crippen molar-refractivity contribution in [3.8, 4) is 0 Å². The minimum atomic E-state index is -0.566. The molecule has 0 aromatic heterocycles. The Kier molecular flexibility index (Phi) is 4.49. The van der Waals surface area contributed by atoms with Crippen molar-refractivity contribution < 1.29 is 4.79 Å². The zero-order valence-electron chi connectivity index (χ0n) is 6.71. The highest BCUT2D eigenvalue weighted by atomic mass is 16.1. The molecule has 0 aliphatic carbocycles. The van der Waals surface area contributed by atoms with Gasteiger partial charge < -0.3 is 21.6 Å². The molecule has 1 atom stereocenters. The molecule has 0 amide bonds. The lowest BCUT2D eigenvalue weighted by molar-refractivity contribution is -0.108. The number of nitrogens with one attached hydrogen (secondary N) is 1. The quantitative estimate of drug-likeness (QED) is 0.364. The summed E-state index contributed by atoms with van der Waals surface area (Å²) < 4.78 is 0. The Labute approximate surface area is 66.6 Å². The molecular weight excluding hydrogens is 142 g/mol. The molecule has 4 nitrogen and oxygen atoms in total. The van der Waals surface area contributed by atoms with Crippen LogP contribution in [0.2, 0.25) is 0 Å². The second kappa shape index (κ2) is 4.87. The van der Waals surface area contributed by atoms with E-state index in [2.05, 4.69) is 11.9 Å². The smallest absolute Gasteiger partial charge is 0.122 e. The lowest BCUT2D eigenvalue weighted by Gasteiger charge is -2.16. The van der Waals surface area contributed by atoms with E-state index in [1.54, 1.807) is 0 Å². The monoisotopic (exact) mass is 157 g/mol. The minimum Gasteiger partial charge on any atom is -0.384 e. The Balaban J connectivity index is 3.65. The number of carbonyl (C=O) groups excluding carboxylic acids is 1. The summed E-state index contributed by atoms with van der Waals surface area (Å²) in [5.74, 6) is 0. The summed E-state index contributed by atoms with van der Waals surface area (Å²) in [7, 11) is 0. The van der Waals surface area contributed by atoms with Gasteiger partial charge in [0.15, 0.2) is 0 Å². The van der Waals surface area contributed by atoms with Crippen LogP contribution in [0.5, 0.6) is 0 Å². The predicted octanol–water partition coefficient (Wildman–Crippen LogP) is -0.689. The van der Waals surface area contributed by atoms with Crippen LogP contribution < -0.4 is 16.8 Å². The van der Waals surface area contributed by atoms with Crippen LogP contribution in [0.25, 0.3) is 0 Å². The number of hydrogen-bond acceptors (Lipinski definition) is 4. The Hall–Kier alpha value is -0.870. The summed E-state index contributed by atoms with van der Waals surface area (Å²) >= 11 is 0. The predicted molar refractivity (Wildman–Crippen MR) is 44.6 cm³/mol. The standard InChI is InChI=1S/C7H15N3O/c1-5(3-4-11)10-6(2)7(8)9/h4-5,7,10H,2-3,8-9H2,1H3. The van der Waals surface area contributed by atoms with Crippen molar-refractivity contribution in [2.24, 2.45) is 11.5 Å². The Morgan fingerprint density at radius 3 is 2.64 bits per heavy atom. The van der Waals surface area contributed by atoms with Crippen LogP contribution >= 0.6 is 0 Å². The average Bonchev–Trinajstić information content (AvgIpc) is 1.87. The highest BCUT2D eigenvalue weighted by Gasteiger charge is 2.04. The third kappa shape index (κ3) is 4.52. The molecule has 0 fully saturated rings. The first-order valence-corrected chi connectivity index (χ1v) is 3.48. The highest BCUT2D eigenvalue weighted by Crippen LogP contribution is 1.92. The molecule has 0 aliphatic heterocycles. The topological polar surface area (TPSA) is 81.1 Å². The van der Waals surface area contributed by atoms with Crippen molar-refractivity contribution in [2.75, 3.05) is 0 Å². The van der Waals surface area contributed by atoms with Crippen LogP contribution in [0.1, 0.15) is 13.3 Å². The summed E-state index contributed by atoms with van der Waals surface area (Å²) in [6.45, 7) is 5.46. The zero-order chi connectivity index (χ0) is 8.85. The minimum absolute atomic E-state index is 0.0506. The molecule has 1 unspecified atom stereocenters. The summed E-state index contributed by atoms with van der Waals surface area (Å²) in [4.78, 5) is 10.0. The second-order valence-corrected chi connectivity index (χ2v) is 2.50. The molecule has 5 N–H and O–H groups in total. The number of aldehydes is 1. The summed E-state index contributed by atoms with van der Waals surface area (Å²) in [6, 6.07) is 0.0506. The van der Waals surface area contributed by atoms with Crippen molar-refractivity contribution in [3.05, 3.63) is 12.3 Å². The van der Waals surface area contributed by atoms with Gasteiger partial charge in [-0.1, -0.05) is 6.58 Å². The number of hydrogen-bond donors (Lipinski definition) is 3. The van der Waals surface area contributed by atoms with Crippen LogP contribution in [0.15, 0.2) is 12.3 Å². The van der Waals surface area contributed by atoms with Crippen molar-refractivity contribution in [3.63, 3.8) is 0 Å². The van der Waals surface area contributed by atoms with Gasteiger partial charge in [-0.3, -0.25) is 0 Å². The number of carbonyl (C=O) groups is 1. The van der Waals surface area contributed by atoms with Crippen molar-refractivity contribution in [1.82, 2.24) is 5.32 Å². The average molecular weight is 157 g/mol. The van der Waals surface area contributed by atoms with Gasteiger partial charge in [-0.25, -0.2) is 0 Å². The van der Waals surface area contributed by atoms with Crippen molar-refractivity contribution >= 4 is 6.29 Å². The van der Waals surface area contributed by atoms with Gasteiger partial charge in [0.1, 0.15) is 6.29 Å². The van der Waals surface area contributed by atoms with E-state index in [0.29, 0.717) is 12.1 Å². The van der Waals surface area contributed by atoms with Gasteiger partial charge in [0.2, 0.25) is 0 Å². The number of rotatable bonds is 5. The third-order valence-electron chi connectivity index (χ3n) is 1.28. The Bertz CT molecular complexity index is 145. The van der Waals surface area contributed by atoms with E-state index in [1.807, 2.05) is 6.92 Å². The van der Waals surface area contributed by atoms with Crippen LogP contribution in [0.4, 0.5) is 0 Å². The second-order valence-electron chi connectivity index (χ2n) is 2.50. The molecule has 0 aromatic rings. The zero-order valence-corrected chi connectivity index (χ0v) is 6.71. The van der Waals surface area contributed by atoms with Gasteiger partial charge in [-0.2, -0.15) is 0 Å². The largest absolute Gasteiger partial charge is 0.384 e. The number of nitrogens with two attached hydrogens (primary N) is 2. The summed E-state index contributed by atoms with van der Waals surface area (Å²) in [6.07, 6.45) is 0.711. The molecule has 0 saturated carbocycles. The van der Waals surface area contributed by atoms with Crippen LogP contribution in [0, 0.1) is 0 Å². The summed E-state index contributed by atoms with van der Waals surface area (Å²) in [5.41, 5.74) is 11.2. The normalized spacial score (nSPS) is 12.7. The molecule has 64 valence electrons. The van der Waals surface area contributed by atoms with Gasteiger partial charge in [-0.05, 0) is 6.92 Å². The maximum Gasteiger partial charge on any atom is 0.122 e. The van der Waals surface area contributed by atoms with Crippen LogP contribution in [0.3, 0.4) is 0 Å². The Morgan fingerprint density at radius 1 is 1.73 bits per heavy atom. The van der Waals surface area contributed by atoms with E-state index >= 15 is 0 Å². The molecule has 0 rings (SSSR count). The van der Waals surface area contributed by atoms with E-state index in [1.165, 1.54) is 0 Å². The van der Waals surface area contributed by atoms with Gasteiger partial charge >= 0.3 is 0 Å². The molecule has 0 bridgehead atoms. The first-order chi connectivity index (χ1) is 5.07. The molecule has 0 spiro atoms. The fourth-order valence-corrected chi connectivity index (χ4v) is 0.616. The van der Waals surface area contributed by atoms with E-state index in [4.69, 9.17) is 11.5 Å². The van der Waals surface area contributed by atoms with Gasteiger partial charge in [0.25, 0.3) is 0 Å². The van der Waals surface area contributed by atoms with E-state index in [0.717, 1.165) is 6.29 Å². The molecular formula is C7H15N3O. The lowest BCUT2D eigenvalue weighted by Crippen LogP contribution is -2.41. The Morgan fingerprint density at radius 2 is 2.27 bits per heavy atom. The van der Waals surface area contributed by atoms with Crippen LogP contribution in [-0.4, -0.2) is 18.5 Å². The van der Waals surface area contributed by atoms with Crippen molar-refractivity contribution in [1.29, 1.82) is 0 Å². The molecule has 11 heavy (non-hydrogen) atoms. The first-order valence-electron chi connectivity index (χ1n) is 3.48. The van der Waals surface area contributed by atoms with Crippen molar-refractivity contribution in [2.45, 2.75) is 25.6 Å². The van der Waals surface area contributed by atoms with E-state index in [9.17, 15) is 4.79 Å². The third-order valence-corrected chi connectivity index (χ3v) is 1.28. The molecule has 0 radical (unpaired) electrons. The first kappa shape index (κ1) is 10.1. The summed E-state index contributed by atoms with van der Waals surface area (Å²) in [5, 5.41) is 2.90. The maximum atomic E-state index is 10.0. The highest BCUT2D eigenvalue weighted by molar-refractivity contribution is 5.50. The fraction of sp³-hybridized carbons (Fsp3) is 0.571. The molecule has 0 heterocycles. The van der Waals surface area contributed by atoms with E-state index < -0.39 is 6.17 Å². The molecule has 4 heteroatoms. The van der Waals surface area contributed by atoms with Gasteiger partial charge in [0, 0.05) is 18.2 Å². The van der Waals surface area contributed by atoms with Gasteiger partial charge in [0.05, 0.1) is 6.17 Å². The van der Waals surface area contributed by atoms with Crippen LogP contribution in [-0.2, 0) is 4.79 Å². The molecule has 0 aliphatic rings. The SMILES string of the molecule is C=C(NC(C)CC=O)C(N)N. The lowest BCUT2D eigenvalue weighted by atomic mass is 10.2. The van der Waals surface area contributed by atoms with E-state index in [-0.39, 0.29) is 6.04 Å².